The molecule has 0 saturated heterocycles. The summed E-state index contributed by atoms with van der Waals surface area (Å²) < 4.78 is 0. The number of hydrogen-bond donors (Lipinski definition) is 1. The van der Waals surface area contributed by atoms with Gasteiger partial charge in [-0.1, -0.05) is 33.6 Å². The van der Waals surface area contributed by atoms with Gasteiger partial charge in [0, 0.05) is 30.9 Å². The maximum atomic E-state index is 4.87. The van der Waals surface area contributed by atoms with Crippen molar-refractivity contribution in [3.63, 3.8) is 0 Å². The highest BCUT2D eigenvalue weighted by Crippen LogP contribution is 2.24. The van der Waals surface area contributed by atoms with Gasteiger partial charge >= 0.3 is 0 Å². The van der Waals surface area contributed by atoms with Crippen molar-refractivity contribution in [1.82, 2.24) is 10.3 Å². The fraction of sp³-hybridized carbons (Fsp3) is 0.722. The summed E-state index contributed by atoms with van der Waals surface area (Å²) in [4.78, 5) is 7.33. The standard InChI is InChI=1S/C18H33N3/c1-7-16(8-2)13-21(10-4)18-17(12-19-9-3)14(5)11-15(6)20-18/h11,16,19H,7-10,12-13H2,1-6H3. The Labute approximate surface area is 131 Å². The van der Waals surface area contributed by atoms with Crippen LogP contribution in [0.15, 0.2) is 6.07 Å². The smallest absolute Gasteiger partial charge is 0.133 e. The lowest BCUT2D eigenvalue weighted by molar-refractivity contribution is 0.483. The lowest BCUT2D eigenvalue weighted by Crippen LogP contribution is -2.32. The third kappa shape index (κ3) is 4.99. The molecule has 1 aromatic heterocycles. The van der Waals surface area contributed by atoms with Crippen molar-refractivity contribution in [3.05, 3.63) is 22.9 Å². The van der Waals surface area contributed by atoms with Crippen LogP contribution in [0.3, 0.4) is 0 Å². The Kier molecular flexibility index (Phi) is 7.73. The number of nitrogens with one attached hydrogen (secondary N) is 1. The first kappa shape index (κ1) is 18.0. The van der Waals surface area contributed by atoms with E-state index in [2.05, 4.69) is 57.8 Å². The van der Waals surface area contributed by atoms with E-state index in [1.807, 2.05) is 0 Å². The molecular formula is C18H33N3. The predicted octanol–water partition coefficient (Wildman–Crippen LogP) is 4.07. The molecule has 0 aliphatic heterocycles. The van der Waals surface area contributed by atoms with Crippen LogP contribution in [0.5, 0.6) is 0 Å². The lowest BCUT2D eigenvalue weighted by Gasteiger charge is -2.29. The largest absolute Gasteiger partial charge is 0.356 e. The average Bonchev–Trinajstić information content (AvgIpc) is 2.47. The molecule has 0 saturated carbocycles. The minimum atomic E-state index is 0.750. The van der Waals surface area contributed by atoms with Crippen LogP contribution in [0.25, 0.3) is 0 Å². The maximum absolute atomic E-state index is 4.87. The van der Waals surface area contributed by atoms with Crippen LogP contribution in [0.2, 0.25) is 0 Å². The fourth-order valence-corrected chi connectivity index (χ4v) is 2.80. The van der Waals surface area contributed by atoms with E-state index in [9.17, 15) is 0 Å². The molecule has 0 aliphatic rings. The number of hydrogen-bond acceptors (Lipinski definition) is 3. The molecule has 3 heteroatoms. The number of pyridine rings is 1. The molecule has 0 unspecified atom stereocenters. The van der Waals surface area contributed by atoms with Gasteiger partial charge in [-0.3, -0.25) is 0 Å². The molecule has 0 spiro atoms. The molecule has 1 heterocycles. The van der Waals surface area contributed by atoms with Gasteiger partial charge in [-0.15, -0.1) is 0 Å². The normalized spacial score (nSPS) is 11.2. The van der Waals surface area contributed by atoms with Crippen LogP contribution < -0.4 is 10.2 Å². The van der Waals surface area contributed by atoms with Gasteiger partial charge in [-0.05, 0) is 44.9 Å². The number of aromatic nitrogens is 1. The van der Waals surface area contributed by atoms with Crippen LogP contribution in [-0.4, -0.2) is 24.6 Å². The van der Waals surface area contributed by atoms with Crippen molar-refractivity contribution in [2.75, 3.05) is 24.5 Å². The van der Waals surface area contributed by atoms with E-state index >= 15 is 0 Å². The highest BCUT2D eigenvalue weighted by molar-refractivity contribution is 5.51. The Balaban J connectivity index is 3.10. The second-order valence-corrected chi connectivity index (χ2v) is 5.88. The quantitative estimate of drug-likeness (QED) is 0.743. The van der Waals surface area contributed by atoms with E-state index < -0.39 is 0 Å². The number of rotatable bonds is 9. The van der Waals surface area contributed by atoms with Crippen LogP contribution >= 0.6 is 0 Å². The monoisotopic (exact) mass is 291 g/mol. The zero-order chi connectivity index (χ0) is 15.8. The molecule has 0 aromatic carbocycles. The zero-order valence-electron chi connectivity index (χ0n) is 14.8. The number of nitrogens with zero attached hydrogens (tertiary/aromatic N) is 2. The fourth-order valence-electron chi connectivity index (χ4n) is 2.80. The molecule has 120 valence electrons. The van der Waals surface area contributed by atoms with Crippen molar-refractivity contribution >= 4 is 5.82 Å². The van der Waals surface area contributed by atoms with E-state index in [1.165, 1.54) is 29.8 Å². The molecule has 0 amide bonds. The Morgan fingerprint density at radius 3 is 2.33 bits per heavy atom. The summed E-state index contributed by atoms with van der Waals surface area (Å²) in [5.74, 6) is 1.93. The Hall–Kier alpha value is -1.09. The van der Waals surface area contributed by atoms with Crippen LogP contribution in [-0.2, 0) is 6.54 Å². The van der Waals surface area contributed by atoms with Crippen LogP contribution in [0, 0.1) is 19.8 Å². The summed E-state index contributed by atoms with van der Waals surface area (Å²) in [5.41, 5.74) is 3.82. The highest BCUT2D eigenvalue weighted by Gasteiger charge is 2.17. The van der Waals surface area contributed by atoms with Crippen LogP contribution in [0.4, 0.5) is 5.82 Å². The average molecular weight is 291 g/mol. The van der Waals surface area contributed by atoms with Gasteiger partial charge in [0.15, 0.2) is 0 Å². The highest BCUT2D eigenvalue weighted by atomic mass is 15.2. The van der Waals surface area contributed by atoms with Crippen molar-refractivity contribution in [1.29, 1.82) is 0 Å². The molecule has 21 heavy (non-hydrogen) atoms. The first-order chi connectivity index (χ1) is 10.1. The van der Waals surface area contributed by atoms with E-state index in [-0.39, 0.29) is 0 Å². The van der Waals surface area contributed by atoms with Gasteiger partial charge in [0.25, 0.3) is 0 Å². The summed E-state index contributed by atoms with van der Waals surface area (Å²) in [7, 11) is 0. The van der Waals surface area contributed by atoms with Gasteiger partial charge in [0.05, 0.1) is 0 Å². The van der Waals surface area contributed by atoms with Gasteiger partial charge in [0.1, 0.15) is 5.82 Å². The van der Waals surface area contributed by atoms with Crippen molar-refractivity contribution < 1.29 is 0 Å². The minimum Gasteiger partial charge on any atom is -0.356 e. The lowest BCUT2D eigenvalue weighted by atomic mass is 10.0. The molecule has 1 N–H and O–H groups in total. The molecule has 1 aromatic rings. The molecule has 1 rings (SSSR count). The number of aryl methyl sites for hydroxylation is 2. The second kappa shape index (κ2) is 9.04. The molecule has 0 aliphatic carbocycles. The molecular weight excluding hydrogens is 258 g/mol. The predicted molar refractivity (Wildman–Crippen MR) is 93.1 cm³/mol. The van der Waals surface area contributed by atoms with Gasteiger partial charge in [-0.25, -0.2) is 4.98 Å². The molecule has 0 atom stereocenters. The topological polar surface area (TPSA) is 28.2 Å². The zero-order valence-corrected chi connectivity index (χ0v) is 14.8. The summed E-state index contributed by atoms with van der Waals surface area (Å²) in [6, 6.07) is 2.20. The maximum Gasteiger partial charge on any atom is 0.133 e. The third-order valence-corrected chi connectivity index (χ3v) is 4.32. The minimum absolute atomic E-state index is 0.750. The summed E-state index contributed by atoms with van der Waals surface area (Å²) in [6.45, 7) is 17.3. The Morgan fingerprint density at radius 1 is 1.14 bits per heavy atom. The van der Waals surface area contributed by atoms with Gasteiger partial charge in [-0.2, -0.15) is 0 Å². The van der Waals surface area contributed by atoms with Crippen LogP contribution in [0.1, 0.15) is 57.4 Å². The molecule has 3 nitrogen and oxygen atoms in total. The first-order valence-electron chi connectivity index (χ1n) is 8.49. The second-order valence-electron chi connectivity index (χ2n) is 5.88. The third-order valence-electron chi connectivity index (χ3n) is 4.32. The van der Waals surface area contributed by atoms with Crippen molar-refractivity contribution in [3.8, 4) is 0 Å². The Bertz CT molecular complexity index is 425. The van der Waals surface area contributed by atoms with Crippen molar-refractivity contribution in [2.45, 2.75) is 60.9 Å². The van der Waals surface area contributed by atoms with E-state index in [0.29, 0.717) is 0 Å². The molecule has 0 bridgehead atoms. The van der Waals surface area contributed by atoms with E-state index in [0.717, 1.165) is 37.8 Å². The summed E-state index contributed by atoms with van der Waals surface area (Å²) in [6.07, 6.45) is 2.47. The van der Waals surface area contributed by atoms with Gasteiger partial charge < -0.3 is 10.2 Å². The van der Waals surface area contributed by atoms with Gasteiger partial charge in [0.2, 0.25) is 0 Å². The number of anilines is 1. The summed E-state index contributed by atoms with van der Waals surface area (Å²) >= 11 is 0. The van der Waals surface area contributed by atoms with E-state index in [4.69, 9.17) is 4.98 Å². The van der Waals surface area contributed by atoms with Crippen molar-refractivity contribution in [2.24, 2.45) is 5.92 Å². The summed E-state index contributed by atoms with van der Waals surface area (Å²) in [5, 5.41) is 3.46. The Morgan fingerprint density at radius 2 is 1.81 bits per heavy atom. The molecule has 0 radical (unpaired) electrons. The van der Waals surface area contributed by atoms with E-state index in [1.54, 1.807) is 0 Å². The first-order valence-corrected chi connectivity index (χ1v) is 8.49. The molecule has 0 fully saturated rings. The SMILES string of the molecule is CCNCc1c(C)cc(C)nc1N(CC)CC(CC)CC.